The smallest absolute Gasteiger partial charge is 0.148 e. The van der Waals surface area contributed by atoms with E-state index in [1.165, 1.54) is 0 Å². The van der Waals surface area contributed by atoms with Crippen LogP contribution in [0.3, 0.4) is 0 Å². The predicted molar refractivity (Wildman–Crippen MR) is 87.5 cm³/mol. The van der Waals surface area contributed by atoms with Crippen LogP contribution in [0.25, 0.3) is 0 Å². The van der Waals surface area contributed by atoms with Gasteiger partial charge in [0.2, 0.25) is 0 Å². The Morgan fingerprint density at radius 1 is 1.19 bits per heavy atom. The first-order valence-electron chi connectivity index (χ1n) is 6.84. The third-order valence-electron chi connectivity index (χ3n) is 3.25. The Morgan fingerprint density at radius 3 is 2.67 bits per heavy atom. The first kappa shape index (κ1) is 15.4. The highest BCUT2D eigenvalue weighted by Gasteiger charge is 2.10. The van der Waals surface area contributed by atoms with Crippen molar-refractivity contribution in [3.05, 3.63) is 64.7 Å². The summed E-state index contributed by atoms with van der Waals surface area (Å²) in [7, 11) is 0. The van der Waals surface area contributed by atoms with Crippen molar-refractivity contribution in [2.45, 2.75) is 19.5 Å². The summed E-state index contributed by atoms with van der Waals surface area (Å²) in [6, 6.07) is 15.9. The zero-order valence-corrected chi connectivity index (χ0v) is 12.7. The number of hydrogen-bond donors (Lipinski definition) is 1. The maximum absolute atomic E-state index is 6.21. The minimum absolute atomic E-state index is 0.152. The molecule has 1 N–H and O–H groups in total. The molecule has 0 spiro atoms. The van der Waals surface area contributed by atoms with Crippen LogP contribution in [0.15, 0.2) is 48.5 Å². The van der Waals surface area contributed by atoms with Crippen molar-refractivity contribution in [3.8, 4) is 18.1 Å². The quantitative estimate of drug-likeness (QED) is 0.807. The van der Waals surface area contributed by atoms with Gasteiger partial charge in [-0.1, -0.05) is 53.9 Å². The second-order valence-corrected chi connectivity index (χ2v) is 5.13. The molecule has 3 heteroatoms. The molecule has 108 valence electrons. The summed E-state index contributed by atoms with van der Waals surface area (Å²) >= 11 is 6.21. The average molecular weight is 300 g/mol. The Hall–Kier alpha value is -1.95. The fourth-order valence-corrected chi connectivity index (χ4v) is 2.41. The summed E-state index contributed by atoms with van der Waals surface area (Å²) in [4.78, 5) is 0. The predicted octanol–water partition coefficient (Wildman–Crippen LogP) is 4.20. The lowest BCUT2D eigenvalue weighted by Crippen LogP contribution is -2.19. The second kappa shape index (κ2) is 7.73. The maximum atomic E-state index is 6.21. The van der Waals surface area contributed by atoms with Crippen molar-refractivity contribution >= 4 is 11.6 Å². The monoisotopic (exact) mass is 299 g/mol. The van der Waals surface area contributed by atoms with Crippen LogP contribution in [0.5, 0.6) is 5.75 Å². The topological polar surface area (TPSA) is 21.3 Å². The lowest BCUT2D eigenvalue weighted by molar-refractivity contribution is 0.364. The molecule has 0 saturated heterocycles. The van der Waals surface area contributed by atoms with Crippen molar-refractivity contribution in [2.24, 2.45) is 0 Å². The summed E-state index contributed by atoms with van der Waals surface area (Å²) in [5.41, 5.74) is 2.16. The fourth-order valence-electron chi connectivity index (χ4n) is 2.11. The van der Waals surface area contributed by atoms with Gasteiger partial charge in [0.05, 0.1) is 0 Å². The van der Waals surface area contributed by atoms with Gasteiger partial charge in [0.25, 0.3) is 0 Å². The first-order valence-corrected chi connectivity index (χ1v) is 7.22. The summed E-state index contributed by atoms with van der Waals surface area (Å²) in [6.45, 7) is 3.05. The second-order valence-electron chi connectivity index (χ2n) is 4.72. The van der Waals surface area contributed by atoms with Crippen LogP contribution in [0.4, 0.5) is 0 Å². The molecule has 0 fully saturated rings. The van der Waals surface area contributed by atoms with Gasteiger partial charge < -0.3 is 10.1 Å². The van der Waals surface area contributed by atoms with Gasteiger partial charge >= 0.3 is 0 Å². The van der Waals surface area contributed by atoms with Crippen molar-refractivity contribution in [1.29, 1.82) is 0 Å². The molecule has 1 atom stereocenters. The van der Waals surface area contributed by atoms with E-state index in [1.807, 2.05) is 48.5 Å². The number of rotatable bonds is 6. The van der Waals surface area contributed by atoms with Crippen LogP contribution in [0.1, 0.15) is 24.1 Å². The van der Waals surface area contributed by atoms with Gasteiger partial charge in [0, 0.05) is 23.2 Å². The highest BCUT2D eigenvalue weighted by atomic mass is 35.5. The van der Waals surface area contributed by atoms with Crippen LogP contribution < -0.4 is 10.1 Å². The van der Waals surface area contributed by atoms with E-state index in [2.05, 4.69) is 18.2 Å². The van der Waals surface area contributed by atoms with E-state index < -0.39 is 0 Å². The molecular weight excluding hydrogens is 282 g/mol. The van der Waals surface area contributed by atoms with Crippen LogP contribution >= 0.6 is 11.6 Å². The molecule has 0 bridgehead atoms. The van der Waals surface area contributed by atoms with Crippen molar-refractivity contribution in [1.82, 2.24) is 5.32 Å². The van der Waals surface area contributed by atoms with E-state index >= 15 is 0 Å². The molecule has 2 aromatic carbocycles. The lowest BCUT2D eigenvalue weighted by Gasteiger charge is -2.17. The molecule has 0 aliphatic heterocycles. The first-order chi connectivity index (χ1) is 10.2. The van der Waals surface area contributed by atoms with E-state index in [0.717, 1.165) is 21.9 Å². The zero-order valence-electron chi connectivity index (χ0n) is 12.0. The number of benzene rings is 2. The van der Waals surface area contributed by atoms with Gasteiger partial charge in [-0.25, -0.2) is 0 Å². The minimum Gasteiger partial charge on any atom is -0.481 e. The Morgan fingerprint density at radius 2 is 1.90 bits per heavy atom. The Balaban J connectivity index is 2.03. The molecule has 0 saturated carbocycles. The van der Waals surface area contributed by atoms with Gasteiger partial charge in [-0.3, -0.25) is 0 Å². The normalized spacial score (nSPS) is 11.7. The number of hydrogen-bond acceptors (Lipinski definition) is 2. The van der Waals surface area contributed by atoms with E-state index in [4.69, 9.17) is 22.8 Å². The van der Waals surface area contributed by atoms with Crippen molar-refractivity contribution < 1.29 is 4.74 Å². The standard InChI is InChI=1S/C18H18ClNO/c1-3-12-21-18-11-7-4-8-15(18)13-20-14(2)16-9-5-6-10-17(16)19/h1,4-11,14,20H,12-13H2,2H3/t14-/m0/s1. The third kappa shape index (κ3) is 4.26. The molecule has 0 aliphatic rings. The number of nitrogens with one attached hydrogen (secondary N) is 1. The molecule has 0 amide bonds. The molecular formula is C18H18ClNO. The van der Waals surface area contributed by atoms with Gasteiger partial charge in [-0.05, 0) is 24.6 Å². The molecule has 0 aromatic heterocycles. The van der Waals surface area contributed by atoms with E-state index in [1.54, 1.807) is 0 Å². The molecule has 0 radical (unpaired) electrons. The minimum atomic E-state index is 0.152. The maximum Gasteiger partial charge on any atom is 0.148 e. The van der Waals surface area contributed by atoms with Crippen molar-refractivity contribution in [3.63, 3.8) is 0 Å². The number of halogens is 1. The number of terminal acetylenes is 1. The summed E-state index contributed by atoms with van der Waals surface area (Å²) in [5.74, 6) is 3.30. The Kier molecular flexibility index (Phi) is 5.68. The molecule has 2 rings (SSSR count). The molecule has 0 aliphatic carbocycles. The van der Waals surface area contributed by atoms with Gasteiger partial charge in [-0.15, -0.1) is 6.42 Å². The SMILES string of the molecule is C#CCOc1ccccc1CN[C@@H](C)c1ccccc1Cl. The van der Waals surface area contributed by atoms with Gasteiger partial charge in [-0.2, -0.15) is 0 Å². The average Bonchev–Trinajstić information content (AvgIpc) is 2.52. The molecule has 0 heterocycles. The van der Waals surface area contributed by atoms with Crippen LogP contribution in [0.2, 0.25) is 5.02 Å². The molecule has 21 heavy (non-hydrogen) atoms. The molecule has 2 aromatic rings. The fraction of sp³-hybridized carbons (Fsp3) is 0.222. The van der Waals surface area contributed by atoms with Gasteiger partial charge in [0.1, 0.15) is 12.4 Å². The van der Waals surface area contributed by atoms with Gasteiger partial charge in [0.15, 0.2) is 0 Å². The number of ether oxygens (including phenoxy) is 1. The Labute approximate surface area is 131 Å². The summed E-state index contributed by atoms with van der Waals surface area (Å²) in [6.07, 6.45) is 5.24. The van der Waals surface area contributed by atoms with E-state index in [9.17, 15) is 0 Å². The third-order valence-corrected chi connectivity index (χ3v) is 3.60. The highest BCUT2D eigenvalue weighted by molar-refractivity contribution is 6.31. The largest absolute Gasteiger partial charge is 0.481 e. The summed E-state index contributed by atoms with van der Waals surface area (Å²) in [5, 5.41) is 4.23. The van der Waals surface area contributed by atoms with Crippen LogP contribution in [0, 0.1) is 12.3 Å². The van der Waals surface area contributed by atoms with E-state index in [0.29, 0.717) is 6.54 Å². The highest BCUT2D eigenvalue weighted by Crippen LogP contribution is 2.24. The Bertz CT molecular complexity index is 633. The van der Waals surface area contributed by atoms with Crippen LogP contribution in [-0.4, -0.2) is 6.61 Å². The number of para-hydroxylation sites is 1. The van der Waals surface area contributed by atoms with Crippen LogP contribution in [-0.2, 0) is 6.54 Å². The summed E-state index contributed by atoms with van der Waals surface area (Å²) < 4.78 is 5.55. The lowest BCUT2D eigenvalue weighted by atomic mass is 10.1. The molecule has 0 unspecified atom stereocenters. The zero-order chi connectivity index (χ0) is 15.1. The van der Waals surface area contributed by atoms with Crippen molar-refractivity contribution in [2.75, 3.05) is 6.61 Å². The molecule has 2 nitrogen and oxygen atoms in total. The van der Waals surface area contributed by atoms with E-state index in [-0.39, 0.29) is 12.6 Å².